The van der Waals surface area contributed by atoms with Crippen molar-refractivity contribution in [3.05, 3.63) is 12.2 Å². The summed E-state index contributed by atoms with van der Waals surface area (Å²) in [5.74, 6) is 0.867. The number of carbonyl (C=O) groups excluding carboxylic acids is 1. The molecule has 0 aromatic carbocycles. The van der Waals surface area contributed by atoms with Crippen LogP contribution in [0.5, 0.6) is 0 Å². The molecule has 1 saturated carbocycles. The van der Waals surface area contributed by atoms with Crippen molar-refractivity contribution >= 4 is 14.1 Å². The van der Waals surface area contributed by atoms with E-state index in [1.165, 1.54) is 19.3 Å². The molecule has 23 heavy (non-hydrogen) atoms. The fourth-order valence-electron chi connectivity index (χ4n) is 2.85. The SMILES string of the molecule is CCCCCC(/C=C/C1CCCC(=O)C1)O[Si](C)(C)C(C)(C)C. The van der Waals surface area contributed by atoms with Gasteiger partial charge in [0.05, 0.1) is 6.10 Å². The standard InChI is InChI=1S/C20H38O2Si/c1-7-8-9-13-19(22-23(5,6)20(2,3)4)15-14-17-11-10-12-18(21)16-17/h14-15,17,19H,7-13,16H2,1-6H3/b15-14+. The first-order valence-corrected chi connectivity index (χ1v) is 12.4. The van der Waals surface area contributed by atoms with Crippen LogP contribution in [0.2, 0.25) is 18.1 Å². The highest BCUT2D eigenvalue weighted by molar-refractivity contribution is 6.74. The molecule has 0 heterocycles. The molecular formula is C20H38O2Si. The van der Waals surface area contributed by atoms with Gasteiger partial charge in [0, 0.05) is 12.8 Å². The molecule has 134 valence electrons. The molecule has 0 aliphatic heterocycles. The van der Waals surface area contributed by atoms with E-state index in [2.05, 4.69) is 52.9 Å². The largest absolute Gasteiger partial charge is 0.411 e. The number of ketones is 1. The number of allylic oxidation sites excluding steroid dienone is 1. The van der Waals surface area contributed by atoms with Gasteiger partial charge < -0.3 is 4.43 Å². The fourth-order valence-corrected chi connectivity index (χ4v) is 4.16. The van der Waals surface area contributed by atoms with Crippen LogP contribution in [0.4, 0.5) is 0 Å². The van der Waals surface area contributed by atoms with Gasteiger partial charge >= 0.3 is 0 Å². The Morgan fingerprint density at radius 3 is 2.57 bits per heavy atom. The molecule has 1 aliphatic carbocycles. The van der Waals surface area contributed by atoms with E-state index < -0.39 is 8.32 Å². The molecule has 1 aliphatic rings. The Morgan fingerprint density at radius 1 is 1.30 bits per heavy atom. The van der Waals surface area contributed by atoms with E-state index in [1.807, 2.05) is 0 Å². The zero-order valence-corrected chi connectivity index (χ0v) is 17.3. The fraction of sp³-hybridized carbons (Fsp3) is 0.850. The molecule has 2 atom stereocenters. The van der Waals surface area contributed by atoms with Crippen LogP contribution in [0.25, 0.3) is 0 Å². The van der Waals surface area contributed by atoms with Crippen molar-refractivity contribution in [3.63, 3.8) is 0 Å². The third kappa shape index (κ3) is 7.34. The normalized spacial score (nSPS) is 21.8. The van der Waals surface area contributed by atoms with Gasteiger partial charge in [-0.2, -0.15) is 0 Å². The molecular weight excluding hydrogens is 300 g/mol. The van der Waals surface area contributed by atoms with Gasteiger partial charge in [-0.1, -0.05) is 59.1 Å². The first kappa shape index (κ1) is 20.6. The minimum absolute atomic E-state index is 0.222. The monoisotopic (exact) mass is 338 g/mol. The number of Topliss-reactive ketones (excluding diaryl/α,β-unsaturated/α-hetero) is 1. The summed E-state index contributed by atoms with van der Waals surface area (Å²) in [6, 6.07) is 0. The molecule has 1 rings (SSSR count). The van der Waals surface area contributed by atoms with Gasteiger partial charge in [0.2, 0.25) is 0 Å². The van der Waals surface area contributed by atoms with Crippen molar-refractivity contribution in [1.82, 2.24) is 0 Å². The summed E-state index contributed by atoms with van der Waals surface area (Å²) in [5.41, 5.74) is 0. The van der Waals surface area contributed by atoms with Gasteiger partial charge in [-0.15, -0.1) is 0 Å². The van der Waals surface area contributed by atoms with Crippen molar-refractivity contribution in [2.24, 2.45) is 5.92 Å². The Kier molecular flexibility index (Phi) is 8.23. The second-order valence-electron chi connectivity index (χ2n) is 8.69. The van der Waals surface area contributed by atoms with Gasteiger partial charge in [0.25, 0.3) is 0 Å². The Balaban J connectivity index is 2.69. The number of unbranched alkanes of at least 4 members (excludes halogenated alkanes) is 2. The summed E-state index contributed by atoms with van der Waals surface area (Å²) in [7, 11) is -1.75. The van der Waals surface area contributed by atoms with Crippen LogP contribution in [0.3, 0.4) is 0 Å². The zero-order valence-electron chi connectivity index (χ0n) is 16.3. The van der Waals surface area contributed by atoms with Crippen LogP contribution in [0, 0.1) is 5.92 Å². The number of hydrogen-bond donors (Lipinski definition) is 0. The van der Waals surface area contributed by atoms with Crippen LogP contribution in [-0.4, -0.2) is 20.2 Å². The Bertz CT molecular complexity index is 393. The molecule has 0 aromatic rings. The first-order valence-electron chi connectivity index (χ1n) is 9.53. The lowest BCUT2D eigenvalue weighted by Gasteiger charge is -2.38. The molecule has 0 saturated heterocycles. The van der Waals surface area contributed by atoms with Crippen molar-refractivity contribution in [3.8, 4) is 0 Å². The average Bonchev–Trinajstić information content (AvgIpc) is 2.43. The highest BCUT2D eigenvalue weighted by Gasteiger charge is 2.38. The maximum Gasteiger partial charge on any atom is 0.192 e. The average molecular weight is 339 g/mol. The Labute approximate surface area is 145 Å². The maximum absolute atomic E-state index is 11.6. The summed E-state index contributed by atoms with van der Waals surface area (Å²) >= 11 is 0. The predicted octanol–water partition coefficient (Wildman–Crippen LogP) is 6.27. The molecule has 0 radical (unpaired) electrons. The smallest absolute Gasteiger partial charge is 0.192 e. The van der Waals surface area contributed by atoms with Gasteiger partial charge in [0.1, 0.15) is 5.78 Å². The minimum Gasteiger partial charge on any atom is -0.411 e. The van der Waals surface area contributed by atoms with Crippen molar-refractivity contribution in [2.45, 2.75) is 103 Å². The van der Waals surface area contributed by atoms with E-state index in [0.717, 1.165) is 32.1 Å². The minimum atomic E-state index is -1.75. The summed E-state index contributed by atoms with van der Waals surface area (Å²) in [6.45, 7) is 13.8. The third-order valence-electron chi connectivity index (χ3n) is 5.46. The lowest BCUT2D eigenvalue weighted by Crippen LogP contribution is -2.43. The summed E-state index contributed by atoms with van der Waals surface area (Å²) in [6.07, 6.45) is 13.4. The maximum atomic E-state index is 11.6. The summed E-state index contributed by atoms with van der Waals surface area (Å²) < 4.78 is 6.63. The molecule has 2 nitrogen and oxygen atoms in total. The Morgan fingerprint density at radius 2 is 2.00 bits per heavy atom. The van der Waals surface area contributed by atoms with E-state index in [9.17, 15) is 4.79 Å². The molecule has 2 unspecified atom stereocenters. The van der Waals surface area contributed by atoms with Crippen LogP contribution < -0.4 is 0 Å². The molecule has 1 fully saturated rings. The molecule has 0 aromatic heterocycles. The highest BCUT2D eigenvalue weighted by atomic mass is 28.4. The predicted molar refractivity (Wildman–Crippen MR) is 102 cm³/mol. The van der Waals surface area contributed by atoms with Crippen molar-refractivity contribution in [2.75, 3.05) is 0 Å². The van der Waals surface area contributed by atoms with E-state index in [0.29, 0.717) is 11.7 Å². The molecule has 3 heteroatoms. The number of hydrogen-bond acceptors (Lipinski definition) is 2. The molecule has 0 bridgehead atoms. The third-order valence-corrected chi connectivity index (χ3v) is 9.97. The van der Waals surface area contributed by atoms with E-state index in [1.54, 1.807) is 0 Å². The summed E-state index contributed by atoms with van der Waals surface area (Å²) in [4.78, 5) is 11.6. The molecule has 0 amide bonds. The van der Waals surface area contributed by atoms with E-state index in [4.69, 9.17) is 4.43 Å². The van der Waals surface area contributed by atoms with Crippen molar-refractivity contribution < 1.29 is 9.22 Å². The Hall–Kier alpha value is -0.413. The highest BCUT2D eigenvalue weighted by Crippen LogP contribution is 2.38. The van der Waals surface area contributed by atoms with Gasteiger partial charge in [0.15, 0.2) is 8.32 Å². The van der Waals surface area contributed by atoms with Crippen LogP contribution in [-0.2, 0) is 9.22 Å². The van der Waals surface area contributed by atoms with Crippen LogP contribution in [0.1, 0.15) is 79.1 Å². The van der Waals surface area contributed by atoms with Gasteiger partial charge in [-0.3, -0.25) is 4.79 Å². The number of rotatable bonds is 8. The topological polar surface area (TPSA) is 26.3 Å². The lowest BCUT2D eigenvalue weighted by molar-refractivity contribution is -0.121. The second-order valence-corrected chi connectivity index (χ2v) is 13.4. The quantitative estimate of drug-likeness (QED) is 0.296. The van der Waals surface area contributed by atoms with Crippen LogP contribution >= 0.6 is 0 Å². The first-order chi connectivity index (χ1) is 10.7. The van der Waals surface area contributed by atoms with E-state index in [-0.39, 0.29) is 11.1 Å². The molecule has 0 spiro atoms. The van der Waals surface area contributed by atoms with Gasteiger partial charge in [-0.25, -0.2) is 0 Å². The van der Waals surface area contributed by atoms with Crippen LogP contribution in [0.15, 0.2) is 12.2 Å². The summed E-state index contributed by atoms with van der Waals surface area (Å²) in [5, 5.41) is 0.241. The second kappa shape index (κ2) is 9.17. The molecule has 0 N–H and O–H groups in total. The van der Waals surface area contributed by atoms with Crippen molar-refractivity contribution in [1.29, 1.82) is 0 Å². The zero-order chi connectivity index (χ0) is 17.5. The lowest BCUT2D eigenvalue weighted by atomic mass is 9.88. The number of carbonyl (C=O) groups is 1. The van der Waals surface area contributed by atoms with E-state index >= 15 is 0 Å². The van der Waals surface area contributed by atoms with Gasteiger partial charge in [-0.05, 0) is 43.3 Å².